The number of nitrogens with zero attached hydrogens (tertiary/aromatic N) is 4. The summed E-state index contributed by atoms with van der Waals surface area (Å²) in [6.07, 6.45) is 0.411. The summed E-state index contributed by atoms with van der Waals surface area (Å²) in [6.45, 7) is 1.38. The molecule has 0 bridgehead atoms. The molecular formula is C25H24F2N4O5. The van der Waals surface area contributed by atoms with E-state index in [0.29, 0.717) is 16.7 Å². The third-order valence-corrected chi connectivity index (χ3v) is 7.01. The number of fused-ring (bicyclic) bond motifs is 2. The van der Waals surface area contributed by atoms with Crippen molar-refractivity contribution >= 4 is 34.6 Å². The van der Waals surface area contributed by atoms with Crippen molar-refractivity contribution in [3.05, 3.63) is 63.6 Å². The first-order valence-corrected chi connectivity index (χ1v) is 11.6. The zero-order valence-electron chi connectivity index (χ0n) is 20.0. The van der Waals surface area contributed by atoms with Crippen LogP contribution in [0, 0.1) is 17.6 Å². The second-order valence-corrected chi connectivity index (χ2v) is 8.99. The van der Waals surface area contributed by atoms with Gasteiger partial charge in [-0.25, -0.2) is 18.4 Å². The van der Waals surface area contributed by atoms with Crippen molar-refractivity contribution in [2.45, 2.75) is 25.8 Å². The quantitative estimate of drug-likeness (QED) is 0.407. The Morgan fingerprint density at radius 3 is 2.50 bits per heavy atom. The molecule has 1 aromatic heterocycles. The van der Waals surface area contributed by atoms with Crippen molar-refractivity contribution in [3.63, 3.8) is 0 Å². The molecule has 0 N–H and O–H groups in total. The zero-order valence-corrected chi connectivity index (χ0v) is 20.0. The number of imide groups is 1. The fraction of sp³-hybridized carbons (Fsp3) is 0.360. The number of imidazole rings is 1. The first-order valence-electron chi connectivity index (χ1n) is 11.6. The molecule has 1 aliphatic carbocycles. The number of esters is 1. The number of urea groups is 1. The number of aryl methyl sites for hydroxylation is 2. The summed E-state index contributed by atoms with van der Waals surface area (Å²) < 4.78 is 36.5. The van der Waals surface area contributed by atoms with E-state index in [1.54, 1.807) is 39.2 Å². The van der Waals surface area contributed by atoms with Crippen LogP contribution in [-0.2, 0) is 34.8 Å². The molecule has 188 valence electrons. The van der Waals surface area contributed by atoms with E-state index in [9.17, 15) is 28.0 Å². The lowest BCUT2D eigenvalue weighted by atomic mass is 9.99. The molecule has 0 saturated carbocycles. The van der Waals surface area contributed by atoms with Crippen molar-refractivity contribution in [1.29, 1.82) is 0 Å². The maximum atomic E-state index is 14.4. The number of amides is 3. The van der Waals surface area contributed by atoms with Gasteiger partial charge >= 0.3 is 17.7 Å². The number of carbonyl (C=O) groups is 3. The molecule has 5 rings (SSSR count). The topological polar surface area (TPSA) is 93.8 Å². The molecule has 0 spiro atoms. The van der Waals surface area contributed by atoms with Crippen LogP contribution in [0.25, 0.3) is 11.0 Å². The number of rotatable bonds is 4. The summed E-state index contributed by atoms with van der Waals surface area (Å²) in [5, 5.41) is 0. The summed E-state index contributed by atoms with van der Waals surface area (Å²) in [4.78, 5) is 54.5. The molecule has 9 nitrogen and oxygen atoms in total. The molecule has 11 heteroatoms. The fourth-order valence-electron chi connectivity index (χ4n) is 5.20. The number of benzene rings is 2. The highest BCUT2D eigenvalue weighted by Gasteiger charge is 2.48. The highest BCUT2D eigenvalue weighted by atomic mass is 19.1. The molecule has 3 amide bonds. The van der Waals surface area contributed by atoms with Gasteiger partial charge in [-0.2, -0.15) is 0 Å². The summed E-state index contributed by atoms with van der Waals surface area (Å²) in [5.41, 5.74) is 1.76. The van der Waals surface area contributed by atoms with E-state index in [2.05, 4.69) is 0 Å². The predicted molar refractivity (Wildman–Crippen MR) is 125 cm³/mol. The highest BCUT2D eigenvalue weighted by Crippen LogP contribution is 2.41. The molecule has 2 aliphatic rings. The molecule has 36 heavy (non-hydrogen) atoms. The van der Waals surface area contributed by atoms with Gasteiger partial charge in [-0.3, -0.25) is 28.5 Å². The van der Waals surface area contributed by atoms with Gasteiger partial charge in [0.1, 0.15) is 11.6 Å². The number of carbonyl (C=O) groups excluding carboxylic acids is 3. The SMILES string of the molecule is CCOC(=O)C1CN(c2ccc3c(c2)n(C)c(=O)n3C)C(=O)N(C2CCc3c(F)cc(F)cc32)C1=O. The number of halogens is 2. The van der Waals surface area contributed by atoms with Crippen LogP contribution >= 0.6 is 0 Å². The minimum absolute atomic E-state index is 0.0390. The smallest absolute Gasteiger partial charge is 0.331 e. The van der Waals surface area contributed by atoms with Crippen LogP contribution < -0.4 is 10.6 Å². The largest absolute Gasteiger partial charge is 0.465 e. The second kappa shape index (κ2) is 8.58. The van der Waals surface area contributed by atoms with Crippen LogP contribution in [-0.4, -0.2) is 45.1 Å². The molecule has 2 aromatic carbocycles. The molecule has 2 heterocycles. The van der Waals surface area contributed by atoms with E-state index in [1.807, 2.05) is 0 Å². The van der Waals surface area contributed by atoms with Gasteiger partial charge in [0.05, 0.1) is 30.2 Å². The average Bonchev–Trinajstić information content (AvgIpc) is 3.34. The second-order valence-electron chi connectivity index (χ2n) is 8.99. The Labute approximate surface area is 204 Å². The average molecular weight is 498 g/mol. The van der Waals surface area contributed by atoms with Gasteiger partial charge < -0.3 is 4.74 Å². The molecule has 1 fully saturated rings. The molecule has 1 saturated heterocycles. The van der Waals surface area contributed by atoms with Gasteiger partial charge in [0.25, 0.3) is 0 Å². The minimum atomic E-state index is -1.32. The summed E-state index contributed by atoms with van der Waals surface area (Å²) >= 11 is 0. The molecular weight excluding hydrogens is 474 g/mol. The standard InChI is InChI=1S/C25H24F2N4O5/c1-4-36-23(33)17-12-30(14-5-7-20-21(11-14)29(3)24(34)28(20)2)25(35)31(22(17)32)19-8-6-15-16(19)9-13(26)10-18(15)27/h5,7,9-11,17,19H,4,6,8,12H2,1-3H3. The van der Waals surface area contributed by atoms with Gasteiger partial charge in [0.15, 0.2) is 5.92 Å². The Kier molecular flexibility index (Phi) is 5.65. The summed E-state index contributed by atoms with van der Waals surface area (Å²) in [6, 6.07) is 5.17. The van der Waals surface area contributed by atoms with Gasteiger partial charge in [0.2, 0.25) is 5.91 Å². The summed E-state index contributed by atoms with van der Waals surface area (Å²) in [5.74, 6) is -4.43. The van der Waals surface area contributed by atoms with Gasteiger partial charge in [-0.1, -0.05) is 0 Å². The normalized spacial score (nSPS) is 19.8. The Bertz CT molecular complexity index is 1490. The van der Waals surface area contributed by atoms with E-state index in [1.165, 1.54) is 14.0 Å². The van der Waals surface area contributed by atoms with Crippen LogP contribution in [0.5, 0.6) is 0 Å². The van der Waals surface area contributed by atoms with Crippen LogP contribution in [0.1, 0.15) is 30.5 Å². The maximum absolute atomic E-state index is 14.4. The van der Waals surface area contributed by atoms with Gasteiger partial charge in [-0.05, 0) is 55.2 Å². The lowest BCUT2D eigenvalue weighted by Gasteiger charge is -2.40. The number of ether oxygens (including phenoxy) is 1. The third kappa shape index (κ3) is 3.49. The van der Waals surface area contributed by atoms with Crippen molar-refractivity contribution in [1.82, 2.24) is 14.0 Å². The fourth-order valence-corrected chi connectivity index (χ4v) is 5.20. The zero-order chi connectivity index (χ0) is 25.9. The van der Waals surface area contributed by atoms with E-state index in [-0.39, 0.29) is 42.8 Å². The summed E-state index contributed by atoms with van der Waals surface area (Å²) in [7, 11) is 3.23. The lowest BCUT2D eigenvalue weighted by Crippen LogP contribution is -2.59. The Morgan fingerprint density at radius 2 is 1.78 bits per heavy atom. The van der Waals surface area contributed by atoms with Crippen LogP contribution in [0.2, 0.25) is 0 Å². The van der Waals surface area contributed by atoms with E-state index in [0.717, 1.165) is 17.0 Å². The Morgan fingerprint density at radius 1 is 1.06 bits per heavy atom. The molecule has 1 aliphatic heterocycles. The van der Waals surface area contributed by atoms with Crippen LogP contribution in [0.15, 0.2) is 35.1 Å². The van der Waals surface area contributed by atoms with Crippen molar-refractivity contribution < 1.29 is 27.9 Å². The number of hydrogen-bond donors (Lipinski definition) is 0. The predicted octanol–water partition coefficient (Wildman–Crippen LogP) is 2.79. The molecule has 2 unspecified atom stereocenters. The monoisotopic (exact) mass is 498 g/mol. The van der Waals surface area contributed by atoms with E-state index in [4.69, 9.17) is 4.74 Å². The first kappa shape index (κ1) is 23.7. The Balaban J connectivity index is 1.61. The molecule has 3 aromatic rings. The van der Waals surface area contributed by atoms with E-state index >= 15 is 0 Å². The maximum Gasteiger partial charge on any atom is 0.331 e. The number of aromatic nitrogens is 2. The molecule has 2 atom stereocenters. The lowest BCUT2D eigenvalue weighted by molar-refractivity contribution is -0.155. The van der Waals surface area contributed by atoms with Crippen LogP contribution in [0.3, 0.4) is 0 Å². The number of hydrogen-bond acceptors (Lipinski definition) is 5. The number of anilines is 1. The van der Waals surface area contributed by atoms with Crippen molar-refractivity contribution in [3.8, 4) is 0 Å². The molecule has 0 radical (unpaired) electrons. The van der Waals surface area contributed by atoms with E-state index < -0.39 is 41.5 Å². The van der Waals surface area contributed by atoms with Gasteiger partial charge in [0, 0.05) is 25.8 Å². The third-order valence-electron chi connectivity index (χ3n) is 7.01. The van der Waals surface area contributed by atoms with Crippen molar-refractivity contribution in [2.75, 3.05) is 18.1 Å². The first-order chi connectivity index (χ1) is 17.1. The van der Waals surface area contributed by atoms with Crippen molar-refractivity contribution in [2.24, 2.45) is 20.0 Å². The highest BCUT2D eigenvalue weighted by molar-refractivity contribution is 6.13. The van der Waals surface area contributed by atoms with Crippen LogP contribution in [0.4, 0.5) is 19.3 Å². The Hall–Kier alpha value is -4.02. The minimum Gasteiger partial charge on any atom is -0.465 e. The van der Waals surface area contributed by atoms with Gasteiger partial charge in [-0.15, -0.1) is 0 Å².